The van der Waals surface area contributed by atoms with Crippen LogP contribution in [0.3, 0.4) is 0 Å². The zero-order chi connectivity index (χ0) is 22.7. The van der Waals surface area contributed by atoms with Crippen LogP contribution in [0, 0.1) is 10.1 Å². The summed E-state index contributed by atoms with van der Waals surface area (Å²) in [6, 6.07) is 7.84. The maximum atomic E-state index is 13.2. The summed E-state index contributed by atoms with van der Waals surface area (Å²) in [5, 5.41) is 26.0. The van der Waals surface area contributed by atoms with E-state index in [1.54, 1.807) is 19.1 Å². The molecule has 1 aromatic heterocycles. The first-order chi connectivity index (χ1) is 14.8. The Hall–Kier alpha value is -3.27. The van der Waals surface area contributed by atoms with Gasteiger partial charge in [0.2, 0.25) is 5.75 Å². The molecular formula is C21H21BrN4O5. The largest absolute Gasteiger partial charge is 0.500 e. The lowest BCUT2D eigenvalue weighted by molar-refractivity contribution is -0.386. The number of aromatic hydroxyl groups is 1. The molecule has 1 N–H and O–H groups in total. The molecule has 0 amide bonds. The molecule has 0 aliphatic carbocycles. The molecular weight excluding hydrogens is 468 g/mol. The summed E-state index contributed by atoms with van der Waals surface area (Å²) < 4.78 is 7.24. The van der Waals surface area contributed by atoms with Crippen molar-refractivity contribution in [1.29, 1.82) is 0 Å². The number of fused-ring (bicyclic) bond motifs is 1. The molecule has 0 bridgehead atoms. The van der Waals surface area contributed by atoms with E-state index in [1.807, 2.05) is 19.9 Å². The van der Waals surface area contributed by atoms with Gasteiger partial charge in [-0.1, -0.05) is 29.8 Å². The molecule has 0 aliphatic heterocycles. The number of halogens is 1. The third-order valence-corrected chi connectivity index (χ3v) is 5.28. The van der Waals surface area contributed by atoms with Gasteiger partial charge in [-0.15, -0.1) is 0 Å². The molecule has 1 heterocycles. The van der Waals surface area contributed by atoms with Crippen molar-refractivity contribution in [3.8, 4) is 11.5 Å². The number of nitro groups is 1. The zero-order valence-corrected chi connectivity index (χ0v) is 18.8. The zero-order valence-electron chi connectivity index (χ0n) is 17.2. The molecule has 0 radical (unpaired) electrons. The molecule has 0 aliphatic rings. The Morgan fingerprint density at radius 1 is 1.35 bits per heavy atom. The van der Waals surface area contributed by atoms with E-state index >= 15 is 0 Å². The maximum absolute atomic E-state index is 13.2. The van der Waals surface area contributed by atoms with Crippen molar-refractivity contribution in [1.82, 2.24) is 9.66 Å². The number of nitrogens with zero attached hydrogens (tertiary/aromatic N) is 4. The van der Waals surface area contributed by atoms with Crippen molar-refractivity contribution in [2.75, 3.05) is 6.61 Å². The van der Waals surface area contributed by atoms with Crippen molar-refractivity contribution in [2.24, 2.45) is 5.10 Å². The van der Waals surface area contributed by atoms with E-state index in [2.05, 4.69) is 26.0 Å². The van der Waals surface area contributed by atoms with Crippen LogP contribution in [0.15, 0.2) is 44.7 Å². The van der Waals surface area contributed by atoms with Crippen LogP contribution < -0.4 is 10.3 Å². The van der Waals surface area contributed by atoms with E-state index in [0.717, 1.165) is 10.9 Å². The lowest BCUT2D eigenvalue weighted by atomic mass is 10.1. The summed E-state index contributed by atoms with van der Waals surface area (Å²) in [6.07, 6.45) is 2.05. The second kappa shape index (κ2) is 9.25. The normalized spacial score (nSPS) is 12.4. The van der Waals surface area contributed by atoms with Crippen LogP contribution >= 0.6 is 15.9 Å². The average Bonchev–Trinajstić information content (AvgIpc) is 2.74. The quantitative estimate of drug-likeness (QED) is 0.295. The predicted molar refractivity (Wildman–Crippen MR) is 121 cm³/mol. The highest BCUT2D eigenvalue weighted by molar-refractivity contribution is 9.10. The fraction of sp³-hybridized carbons (Fsp3) is 0.286. The van der Waals surface area contributed by atoms with Crippen LogP contribution in [-0.4, -0.2) is 32.5 Å². The Labute approximate surface area is 186 Å². The molecule has 0 fully saturated rings. The molecule has 0 saturated carbocycles. The van der Waals surface area contributed by atoms with E-state index < -0.39 is 16.4 Å². The molecule has 0 spiro atoms. The Bertz CT molecular complexity index is 1240. The minimum atomic E-state index is -0.707. The molecule has 0 saturated heterocycles. The van der Waals surface area contributed by atoms with Crippen LogP contribution in [0.1, 0.15) is 44.5 Å². The number of phenols is 1. The van der Waals surface area contributed by atoms with Gasteiger partial charge >= 0.3 is 5.69 Å². The molecule has 3 aromatic rings. The van der Waals surface area contributed by atoms with Gasteiger partial charge in [0.25, 0.3) is 5.56 Å². The van der Waals surface area contributed by atoms with Gasteiger partial charge in [-0.2, -0.15) is 9.78 Å². The third-order valence-electron chi connectivity index (χ3n) is 4.78. The van der Waals surface area contributed by atoms with Crippen LogP contribution in [0.4, 0.5) is 5.69 Å². The van der Waals surface area contributed by atoms with E-state index in [4.69, 9.17) is 4.74 Å². The van der Waals surface area contributed by atoms with Gasteiger partial charge in [-0.25, -0.2) is 4.98 Å². The minimum absolute atomic E-state index is 0.0341. The number of rotatable bonds is 7. The molecule has 9 nitrogen and oxygen atoms in total. The maximum Gasteiger partial charge on any atom is 0.315 e. The highest BCUT2D eigenvalue weighted by atomic mass is 79.9. The van der Waals surface area contributed by atoms with Gasteiger partial charge in [-0.3, -0.25) is 14.9 Å². The lowest BCUT2D eigenvalue weighted by Crippen LogP contribution is -2.23. The predicted octanol–water partition coefficient (Wildman–Crippen LogP) is 4.57. The summed E-state index contributed by atoms with van der Waals surface area (Å²) in [5.41, 5.74) is -0.00299. The fourth-order valence-electron chi connectivity index (χ4n) is 3.00. The highest BCUT2D eigenvalue weighted by Gasteiger charge is 2.20. The lowest BCUT2D eigenvalue weighted by Gasteiger charge is -2.14. The van der Waals surface area contributed by atoms with E-state index in [0.29, 0.717) is 22.3 Å². The first-order valence-electron chi connectivity index (χ1n) is 9.67. The SMILES string of the molecule is CCOc1cc(C=Nn2c([C@H](C)CC)nc3ccc(Br)cc3c2=O)cc([N+](=O)[O-])c1O. The summed E-state index contributed by atoms with van der Waals surface area (Å²) in [6.45, 7) is 5.83. The Balaban J connectivity index is 2.19. The molecule has 31 heavy (non-hydrogen) atoms. The van der Waals surface area contributed by atoms with Gasteiger partial charge < -0.3 is 9.84 Å². The van der Waals surface area contributed by atoms with Gasteiger partial charge in [0.1, 0.15) is 5.82 Å². The smallest absolute Gasteiger partial charge is 0.315 e. The van der Waals surface area contributed by atoms with Crippen molar-refractivity contribution >= 4 is 38.7 Å². The van der Waals surface area contributed by atoms with E-state index in [9.17, 15) is 20.0 Å². The number of aromatic nitrogens is 2. The first kappa shape index (κ1) is 22.4. The standard InChI is InChI=1S/C21H21BrN4O5/c1-4-12(3)20-24-16-7-6-14(22)10-15(16)21(28)25(20)23-11-13-8-17(26(29)30)19(27)18(9-13)31-5-2/h6-12,27H,4-5H2,1-3H3/t12-/m1/s1. The van der Waals surface area contributed by atoms with Crippen molar-refractivity contribution in [3.63, 3.8) is 0 Å². The summed E-state index contributed by atoms with van der Waals surface area (Å²) >= 11 is 3.36. The topological polar surface area (TPSA) is 120 Å². The number of nitro benzene ring substituents is 1. The Morgan fingerprint density at radius 3 is 2.74 bits per heavy atom. The first-order valence-corrected chi connectivity index (χ1v) is 10.5. The summed E-state index contributed by atoms with van der Waals surface area (Å²) in [4.78, 5) is 28.4. The Kier molecular flexibility index (Phi) is 6.69. The van der Waals surface area contributed by atoms with Crippen molar-refractivity contribution in [3.05, 3.63) is 66.7 Å². The Morgan fingerprint density at radius 2 is 2.10 bits per heavy atom. The van der Waals surface area contributed by atoms with Crippen LogP contribution in [0.2, 0.25) is 0 Å². The average molecular weight is 489 g/mol. The molecule has 2 aromatic carbocycles. The highest BCUT2D eigenvalue weighted by Crippen LogP contribution is 2.36. The molecule has 1 atom stereocenters. The van der Waals surface area contributed by atoms with Crippen molar-refractivity contribution in [2.45, 2.75) is 33.1 Å². The molecule has 162 valence electrons. The number of phenolic OH excluding ortho intramolecular Hbond substituents is 1. The van der Waals surface area contributed by atoms with Gasteiger partial charge in [0, 0.05) is 22.0 Å². The van der Waals surface area contributed by atoms with Crippen LogP contribution in [0.25, 0.3) is 10.9 Å². The van der Waals surface area contributed by atoms with Gasteiger partial charge in [0.15, 0.2) is 5.75 Å². The van der Waals surface area contributed by atoms with Crippen LogP contribution in [-0.2, 0) is 0 Å². The van der Waals surface area contributed by atoms with Gasteiger partial charge in [-0.05, 0) is 37.6 Å². The second-order valence-corrected chi connectivity index (χ2v) is 7.79. The monoisotopic (exact) mass is 488 g/mol. The van der Waals surface area contributed by atoms with Crippen molar-refractivity contribution < 1.29 is 14.8 Å². The number of hydrogen-bond acceptors (Lipinski definition) is 7. The van der Waals surface area contributed by atoms with E-state index in [-0.39, 0.29) is 23.8 Å². The summed E-state index contributed by atoms with van der Waals surface area (Å²) in [7, 11) is 0. The van der Waals surface area contributed by atoms with Crippen LogP contribution in [0.5, 0.6) is 11.5 Å². The summed E-state index contributed by atoms with van der Waals surface area (Å²) in [5.74, 6) is -0.158. The number of benzene rings is 2. The molecule has 10 heteroatoms. The van der Waals surface area contributed by atoms with E-state index in [1.165, 1.54) is 23.0 Å². The molecule has 3 rings (SSSR count). The third kappa shape index (κ3) is 4.58. The fourth-order valence-corrected chi connectivity index (χ4v) is 3.36. The second-order valence-electron chi connectivity index (χ2n) is 6.88. The number of ether oxygens (including phenoxy) is 1. The van der Waals surface area contributed by atoms with Gasteiger partial charge in [0.05, 0.1) is 28.6 Å². The minimum Gasteiger partial charge on any atom is -0.500 e. The number of hydrogen-bond donors (Lipinski definition) is 1. The molecule has 0 unspecified atom stereocenters.